The molecule has 2 aromatic rings. The third kappa shape index (κ3) is 3.29. The van der Waals surface area contributed by atoms with Crippen molar-refractivity contribution in [3.05, 3.63) is 27.2 Å². The second kappa shape index (κ2) is 4.97. The van der Waals surface area contributed by atoms with Crippen molar-refractivity contribution in [2.24, 2.45) is 21.1 Å². The van der Waals surface area contributed by atoms with Crippen LogP contribution in [0.1, 0.15) is 0 Å². The summed E-state index contributed by atoms with van der Waals surface area (Å²) in [5.41, 5.74) is 0.180. The van der Waals surface area contributed by atoms with Crippen molar-refractivity contribution >= 4 is 21.3 Å². The Hall–Kier alpha value is -1.94. The smallest absolute Gasteiger partial charge is 0.328 e. The van der Waals surface area contributed by atoms with Gasteiger partial charge >= 0.3 is 5.69 Å². The molecule has 2 rings (SSSR count). The third-order valence-electron chi connectivity index (χ3n) is 2.32. The van der Waals surface area contributed by atoms with Crippen molar-refractivity contribution in [3.63, 3.8) is 0 Å². The summed E-state index contributed by atoms with van der Waals surface area (Å²) in [5, 5.41) is 0. The van der Waals surface area contributed by atoms with Gasteiger partial charge in [0, 0.05) is 21.1 Å². The van der Waals surface area contributed by atoms with Gasteiger partial charge in [-0.05, 0) is 0 Å². The van der Waals surface area contributed by atoms with E-state index in [0.29, 0.717) is 17.4 Å². The van der Waals surface area contributed by atoms with E-state index in [0.717, 1.165) is 4.57 Å². The van der Waals surface area contributed by atoms with E-state index in [2.05, 4.69) is 4.98 Å². The summed E-state index contributed by atoms with van der Waals surface area (Å²) in [5.74, 6) is 0. The Morgan fingerprint density at radius 2 is 1.63 bits per heavy atom. The van der Waals surface area contributed by atoms with Crippen molar-refractivity contribution in [2.75, 3.05) is 6.26 Å². The van der Waals surface area contributed by atoms with Crippen LogP contribution < -0.4 is 11.2 Å². The van der Waals surface area contributed by atoms with E-state index < -0.39 is 10.1 Å². The highest BCUT2D eigenvalue weighted by Crippen LogP contribution is 2.01. The van der Waals surface area contributed by atoms with Gasteiger partial charge in [-0.15, -0.1) is 0 Å². The monoisotopic (exact) mass is 290 g/mol. The van der Waals surface area contributed by atoms with Gasteiger partial charge in [-0.2, -0.15) is 8.42 Å². The van der Waals surface area contributed by atoms with Crippen LogP contribution in [-0.4, -0.2) is 37.9 Å². The van der Waals surface area contributed by atoms with Gasteiger partial charge in [0.2, 0.25) is 0 Å². The van der Waals surface area contributed by atoms with E-state index in [1.165, 1.54) is 17.9 Å². The molecular formula is C9H14N4O5S. The molecule has 19 heavy (non-hydrogen) atoms. The van der Waals surface area contributed by atoms with Crippen LogP contribution in [-0.2, 0) is 31.3 Å². The lowest BCUT2D eigenvalue weighted by Crippen LogP contribution is -2.37. The van der Waals surface area contributed by atoms with Gasteiger partial charge in [-0.3, -0.25) is 18.5 Å². The molecule has 106 valence electrons. The zero-order valence-corrected chi connectivity index (χ0v) is 11.7. The number of nitrogens with zero attached hydrogens (tertiary/aromatic N) is 4. The molecule has 0 aliphatic carbocycles. The fourth-order valence-corrected chi connectivity index (χ4v) is 1.47. The number of imidazole rings is 1. The Balaban J connectivity index is 0.000000312. The maximum atomic E-state index is 11.7. The van der Waals surface area contributed by atoms with Crippen molar-refractivity contribution in [1.29, 1.82) is 0 Å². The number of aryl methyl sites for hydroxylation is 2. The number of hydrogen-bond donors (Lipinski definition) is 1. The fraction of sp³-hybridized carbons (Fsp3) is 0.444. The van der Waals surface area contributed by atoms with E-state index in [1.54, 1.807) is 18.7 Å². The Labute approximate surface area is 108 Å². The van der Waals surface area contributed by atoms with Crippen LogP contribution in [0, 0.1) is 0 Å². The van der Waals surface area contributed by atoms with Gasteiger partial charge in [0.25, 0.3) is 15.7 Å². The van der Waals surface area contributed by atoms with E-state index in [-0.39, 0.29) is 11.2 Å². The zero-order valence-electron chi connectivity index (χ0n) is 10.9. The minimum atomic E-state index is -3.67. The first kappa shape index (κ1) is 15.1. The van der Waals surface area contributed by atoms with Gasteiger partial charge < -0.3 is 4.57 Å². The first-order valence-corrected chi connectivity index (χ1v) is 6.88. The number of hydrogen-bond acceptors (Lipinski definition) is 5. The lowest BCUT2D eigenvalue weighted by molar-refractivity contribution is 0.490. The fourth-order valence-electron chi connectivity index (χ4n) is 1.47. The molecule has 0 unspecified atom stereocenters. The summed E-state index contributed by atoms with van der Waals surface area (Å²) in [7, 11) is 1.11. The molecule has 0 bridgehead atoms. The molecule has 0 radical (unpaired) electrons. The van der Waals surface area contributed by atoms with E-state index in [9.17, 15) is 18.0 Å². The number of fused-ring (bicyclic) bond motifs is 1. The molecule has 0 amide bonds. The van der Waals surface area contributed by atoms with Gasteiger partial charge in [0.05, 0.1) is 12.6 Å². The number of rotatable bonds is 0. The topological polar surface area (TPSA) is 116 Å². The van der Waals surface area contributed by atoms with Crippen LogP contribution in [0.3, 0.4) is 0 Å². The molecule has 10 heteroatoms. The highest BCUT2D eigenvalue weighted by molar-refractivity contribution is 7.85. The zero-order chi connectivity index (χ0) is 15.0. The standard InChI is InChI=1S/C8H10N4O2.CH4O3S/c1-10-4-9-6-5(10)7(13)12(3)8(14)11(6)2;1-5(2,3)4/h4H,1-3H3;1H3,(H,2,3,4). The molecule has 0 aromatic carbocycles. The summed E-state index contributed by atoms with van der Waals surface area (Å²) in [4.78, 5) is 27.2. The summed E-state index contributed by atoms with van der Waals surface area (Å²) < 4.78 is 29.9. The lowest BCUT2D eigenvalue weighted by atomic mass is 10.5. The maximum absolute atomic E-state index is 11.7. The second-order valence-corrected chi connectivity index (χ2v) is 5.43. The average molecular weight is 290 g/mol. The second-order valence-electron chi connectivity index (χ2n) is 3.97. The SMILES string of the molecule is CS(=O)(=O)O.Cn1c(=O)c2c(ncn2C)n(C)c1=O. The van der Waals surface area contributed by atoms with Crippen LogP contribution in [0.25, 0.3) is 11.2 Å². The Bertz CT molecular complexity index is 819. The van der Waals surface area contributed by atoms with E-state index in [4.69, 9.17) is 4.55 Å². The van der Waals surface area contributed by atoms with Crippen molar-refractivity contribution in [1.82, 2.24) is 18.7 Å². The molecule has 2 aromatic heterocycles. The molecule has 9 nitrogen and oxygen atoms in total. The normalized spacial score (nSPS) is 11.2. The van der Waals surface area contributed by atoms with Gasteiger partial charge in [-0.1, -0.05) is 0 Å². The average Bonchev–Trinajstić information content (AvgIpc) is 2.63. The minimum Gasteiger partial charge on any atom is -0.328 e. The molecule has 1 N–H and O–H groups in total. The van der Waals surface area contributed by atoms with Crippen molar-refractivity contribution < 1.29 is 13.0 Å². The summed E-state index contributed by atoms with van der Waals surface area (Å²) >= 11 is 0. The van der Waals surface area contributed by atoms with Gasteiger partial charge in [0.1, 0.15) is 0 Å². The quantitative estimate of drug-likeness (QED) is 0.589. The molecule has 0 atom stereocenters. The van der Waals surface area contributed by atoms with Crippen LogP contribution in [0.5, 0.6) is 0 Å². The molecule has 0 aliphatic heterocycles. The highest BCUT2D eigenvalue weighted by atomic mass is 32.2. The molecule has 0 saturated carbocycles. The molecule has 0 spiro atoms. The van der Waals surface area contributed by atoms with Crippen LogP contribution >= 0.6 is 0 Å². The maximum Gasteiger partial charge on any atom is 0.332 e. The first-order chi connectivity index (χ1) is 8.54. The van der Waals surface area contributed by atoms with Crippen LogP contribution in [0.15, 0.2) is 15.9 Å². The first-order valence-electron chi connectivity index (χ1n) is 5.03. The molecule has 2 heterocycles. The van der Waals surface area contributed by atoms with Gasteiger partial charge in [0.15, 0.2) is 11.2 Å². The summed E-state index contributed by atoms with van der Waals surface area (Å²) in [6.07, 6.45) is 2.23. The van der Waals surface area contributed by atoms with Crippen molar-refractivity contribution in [3.8, 4) is 0 Å². The van der Waals surface area contributed by atoms with Gasteiger partial charge in [-0.25, -0.2) is 9.78 Å². The minimum absolute atomic E-state index is 0.317. The van der Waals surface area contributed by atoms with Crippen LogP contribution in [0.4, 0.5) is 0 Å². The predicted octanol–water partition coefficient (Wildman–Crippen LogP) is -1.53. The molecule has 0 aliphatic rings. The molecule has 0 fully saturated rings. The van der Waals surface area contributed by atoms with Crippen molar-refractivity contribution in [2.45, 2.75) is 0 Å². The molecular weight excluding hydrogens is 276 g/mol. The third-order valence-corrected chi connectivity index (χ3v) is 2.32. The van der Waals surface area contributed by atoms with E-state index in [1.807, 2.05) is 0 Å². The Kier molecular flexibility index (Phi) is 3.96. The summed E-state index contributed by atoms with van der Waals surface area (Å²) in [6.45, 7) is 0. The number of aromatic nitrogens is 4. The lowest BCUT2D eigenvalue weighted by Gasteiger charge is -2.02. The van der Waals surface area contributed by atoms with Crippen LogP contribution in [0.2, 0.25) is 0 Å². The summed E-state index contributed by atoms with van der Waals surface area (Å²) in [6, 6.07) is 0. The molecule has 0 saturated heterocycles. The highest BCUT2D eigenvalue weighted by Gasteiger charge is 2.11. The predicted molar refractivity (Wildman–Crippen MR) is 68.7 cm³/mol. The largest absolute Gasteiger partial charge is 0.332 e. The van der Waals surface area contributed by atoms with E-state index >= 15 is 0 Å². The Morgan fingerprint density at radius 3 is 2.11 bits per heavy atom. The Morgan fingerprint density at radius 1 is 1.16 bits per heavy atom.